The highest BCUT2D eigenvalue weighted by molar-refractivity contribution is 14.1. The number of hydrogen-bond acceptors (Lipinski definition) is 2. The molecule has 0 unspecified atom stereocenters. The first-order valence-corrected chi connectivity index (χ1v) is 7.84. The number of carbonyl (C=O) groups is 2. The zero-order chi connectivity index (χ0) is 15.0. The molecule has 0 radical (unpaired) electrons. The number of aliphatic carboxylic acids is 1. The van der Waals surface area contributed by atoms with Gasteiger partial charge in [-0.3, -0.25) is 9.59 Å². The van der Waals surface area contributed by atoms with Crippen molar-refractivity contribution in [2.45, 2.75) is 39.0 Å². The Morgan fingerprint density at radius 1 is 1.20 bits per heavy atom. The summed E-state index contributed by atoms with van der Waals surface area (Å²) >= 11 is 2.22. The summed E-state index contributed by atoms with van der Waals surface area (Å²) in [5, 5.41) is 11.4. The van der Waals surface area contributed by atoms with E-state index in [1.54, 1.807) is 0 Å². The van der Waals surface area contributed by atoms with Gasteiger partial charge in [0.2, 0.25) is 0 Å². The zero-order valence-corrected chi connectivity index (χ0v) is 13.8. The molecule has 0 aliphatic heterocycles. The molecule has 0 bridgehead atoms. The molecule has 20 heavy (non-hydrogen) atoms. The van der Waals surface area contributed by atoms with Crippen molar-refractivity contribution < 1.29 is 14.7 Å². The molecule has 0 aromatic heterocycles. The lowest BCUT2D eigenvalue weighted by Gasteiger charge is -2.06. The van der Waals surface area contributed by atoms with E-state index < -0.39 is 5.97 Å². The second-order valence-electron chi connectivity index (χ2n) is 4.78. The van der Waals surface area contributed by atoms with Crippen LogP contribution in [-0.4, -0.2) is 23.5 Å². The fourth-order valence-corrected chi connectivity index (χ4v) is 2.31. The van der Waals surface area contributed by atoms with Crippen LogP contribution < -0.4 is 5.32 Å². The van der Waals surface area contributed by atoms with Crippen LogP contribution in [0, 0.1) is 10.5 Å². The molecule has 1 amide bonds. The molecule has 5 heteroatoms. The molecule has 1 rings (SSSR count). The highest BCUT2D eigenvalue weighted by Crippen LogP contribution is 2.13. The number of hydrogen-bond donors (Lipinski definition) is 2. The third-order valence-electron chi connectivity index (χ3n) is 3.04. The van der Waals surface area contributed by atoms with Gasteiger partial charge in [0, 0.05) is 22.1 Å². The molecule has 110 valence electrons. The molecule has 0 saturated heterocycles. The number of carbonyl (C=O) groups excluding carboxylic acids is 1. The number of carboxylic acids is 1. The second-order valence-corrected chi connectivity index (χ2v) is 5.94. The van der Waals surface area contributed by atoms with E-state index in [1.165, 1.54) is 5.56 Å². The van der Waals surface area contributed by atoms with Crippen LogP contribution in [0.1, 0.15) is 48.0 Å². The lowest BCUT2D eigenvalue weighted by molar-refractivity contribution is -0.137. The Bertz CT molecular complexity index is 474. The van der Waals surface area contributed by atoms with Crippen molar-refractivity contribution in [2.24, 2.45) is 0 Å². The molecule has 0 fully saturated rings. The fraction of sp³-hybridized carbons (Fsp3) is 0.467. The molecule has 0 saturated carbocycles. The fourth-order valence-electron chi connectivity index (χ4n) is 1.79. The third-order valence-corrected chi connectivity index (χ3v) is 4.20. The molecule has 2 N–H and O–H groups in total. The summed E-state index contributed by atoms with van der Waals surface area (Å²) in [6.45, 7) is 2.65. The first-order chi connectivity index (χ1) is 9.50. The SMILES string of the molecule is Cc1ccc(C(=O)NCCCCCCC(=O)O)cc1I. The van der Waals surface area contributed by atoms with E-state index in [9.17, 15) is 9.59 Å². The van der Waals surface area contributed by atoms with Crippen LogP contribution in [0.4, 0.5) is 0 Å². The average Bonchev–Trinajstić information content (AvgIpc) is 2.40. The topological polar surface area (TPSA) is 66.4 Å². The van der Waals surface area contributed by atoms with Gasteiger partial charge in [0.05, 0.1) is 0 Å². The highest BCUT2D eigenvalue weighted by Gasteiger charge is 2.06. The van der Waals surface area contributed by atoms with Crippen LogP contribution in [-0.2, 0) is 4.79 Å². The predicted octanol–water partition coefficient (Wildman–Crippen LogP) is 3.36. The summed E-state index contributed by atoms with van der Waals surface area (Å²) in [4.78, 5) is 22.2. The van der Waals surface area contributed by atoms with Gasteiger partial charge >= 0.3 is 5.97 Å². The first-order valence-electron chi connectivity index (χ1n) is 6.77. The summed E-state index contributed by atoms with van der Waals surface area (Å²) in [6, 6.07) is 5.67. The van der Waals surface area contributed by atoms with Gasteiger partial charge in [-0.1, -0.05) is 18.9 Å². The minimum atomic E-state index is -0.743. The monoisotopic (exact) mass is 389 g/mol. The maximum absolute atomic E-state index is 11.9. The molecule has 0 aliphatic rings. The van der Waals surface area contributed by atoms with Gasteiger partial charge in [0.15, 0.2) is 0 Å². The van der Waals surface area contributed by atoms with Crippen LogP contribution in [0.25, 0.3) is 0 Å². The summed E-state index contributed by atoms with van der Waals surface area (Å²) in [6.07, 6.45) is 3.66. The number of carboxylic acid groups (broad SMARTS) is 1. The van der Waals surface area contributed by atoms with Gasteiger partial charge in [-0.2, -0.15) is 0 Å². The van der Waals surface area contributed by atoms with Crippen molar-refractivity contribution in [3.05, 3.63) is 32.9 Å². The highest BCUT2D eigenvalue weighted by atomic mass is 127. The smallest absolute Gasteiger partial charge is 0.303 e. The summed E-state index contributed by atoms with van der Waals surface area (Å²) < 4.78 is 1.09. The van der Waals surface area contributed by atoms with Crippen molar-refractivity contribution in [1.82, 2.24) is 5.32 Å². The van der Waals surface area contributed by atoms with Crippen molar-refractivity contribution in [1.29, 1.82) is 0 Å². The summed E-state index contributed by atoms with van der Waals surface area (Å²) in [7, 11) is 0. The molecule has 0 aliphatic carbocycles. The van der Waals surface area contributed by atoms with Crippen LogP contribution in [0.15, 0.2) is 18.2 Å². The Balaban J connectivity index is 2.20. The predicted molar refractivity (Wildman–Crippen MR) is 87.0 cm³/mol. The third kappa shape index (κ3) is 6.36. The summed E-state index contributed by atoms with van der Waals surface area (Å²) in [5.74, 6) is -0.791. The number of aryl methyl sites for hydroxylation is 1. The molecule has 0 spiro atoms. The minimum Gasteiger partial charge on any atom is -0.481 e. The quantitative estimate of drug-likeness (QED) is 0.529. The van der Waals surface area contributed by atoms with E-state index in [4.69, 9.17) is 5.11 Å². The Morgan fingerprint density at radius 2 is 1.90 bits per heavy atom. The minimum absolute atomic E-state index is 0.0477. The number of halogens is 1. The van der Waals surface area contributed by atoms with E-state index in [-0.39, 0.29) is 12.3 Å². The van der Waals surface area contributed by atoms with Crippen molar-refractivity contribution in [2.75, 3.05) is 6.54 Å². The van der Waals surface area contributed by atoms with Gasteiger partial charge in [-0.25, -0.2) is 0 Å². The maximum atomic E-state index is 11.9. The average molecular weight is 389 g/mol. The Hall–Kier alpha value is -1.11. The van der Waals surface area contributed by atoms with E-state index >= 15 is 0 Å². The van der Waals surface area contributed by atoms with E-state index in [2.05, 4.69) is 27.9 Å². The molecule has 4 nitrogen and oxygen atoms in total. The normalized spacial score (nSPS) is 10.3. The Morgan fingerprint density at radius 3 is 2.55 bits per heavy atom. The lowest BCUT2D eigenvalue weighted by Crippen LogP contribution is -2.24. The number of unbranched alkanes of at least 4 members (excludes halogenated alkanes) is 3. The molecule has 1 aromatic rings. The van der Waals surface area contributed by atoms with E-state index in [0.717, 1.165) is 22.8 Å². The van der Waals surface area contributed by atoms with Crippen molar-refractivity contribution in [3.63, 3.8) is 0 Å². The Labute approximate surface area is 133 Å². The maximum Gasteiger partial charge on any atom is 0.303 e. The van der Waals surface area contributed by atoms with Crippen molar-refractivity contribution in [3.8, 4) is 0 Å². The lowest BCUT2D eigenvalue weighted by atomic mass is 10.1. The van der Waals surface area contributed by atoms with Crippen molar-refractivity contribution >= 4 is 34.5 Å². The van der Waals surface area contributed by atoms with Crippen LogP contribution >= 0.6 is 22.6 Å². The van der Waals surface area contributed by atoms with E-state index in [0.29, 0.717) is 18.5 Å². The number of benzene rings is 1. The van der Waals surface area contributed by atoms with Crippen LogP contribution in [0.2, 0.25) is 0 Å². The molecule has 1 aromatic carbocycles. The molecular weight excluding hydrogens is 369 g/mol. The first kappa shape index (κ1) is 16.9. The van der Waals surface area contributed by atoms with Crippen LogP contribution in [0.5, 0.6) is 0 Å². The standard InChI is InChI=1S/C15H20INO3/c1-11-7-8-12(10-13(11)16)15(20)17-9-5-3-2-4-6-14(18)19/h7-8,10H,2-6,9H2,1H3,(H,17,20)(H,18,19). The van der Waals surface area contributed by atoms with Gasteiger partial charge < -0.3 is 10.4 Å². The number of amides is 1. The van der Waals surface area contributed by atoms with Gasteiger partial charge in [-0.05, 0) is 60.1 Å². The molecular formula is C15H20INO3. The molecule has 0 heterocycles. The molecule has 0 atom stereocenters. The Kier molecular flexibility index (Phi) is 7.58. The summed E-state index contributed by atoms with van der Waals surface area (Å²) in [5.41, 5.74) is 1.85. The van der Waals surface area contributed by atoms with E-state index in [1.807, 2.05) is 25.1 Å². The zero-order valence-electron chi connectivity index (χ0n) is 11.6. The second kappa shape index (κ2) is 8.94. The number of nitrogens with one attached hydrogen (secondary N) is 1. The van der Waals surface area contributed by atoms with Crippen LogP contribution in [0.3, 0.4) is 0 Å². The van der Waals surface area contributed by atoms with Gasteiger partial charge in [0.25, 0.3) is 5.91 Å². The largest absolute Gasteiger partial charge is 0.481 e. The van der Waals surface area contributed by atoms with Gasteiger partial charge in [-0.15, -0.1) is 0 Å². The van der Waals surface area contributed by atoms with Gasteiger partial charge in [0.1, 0.15) is 0 Å². The number of rotatable bonds is 8.